The van der Waals surface area contributed by atoms with Crippen molar-refractivity contribution in [2.75, 3.05) is 24.2 Å². The van der Waals surface area contributed by atoms with E-state index >= 15 is 0 Å². The van der Waals surface area contributed by atoms with Gasteiger partial charge in [-0.15, -0.1) is 0 Å². The predicted molar refractivity (Wildman–Crippen MR) is 81.1 cm³/mol. The first-order chi connectivity index (χ1) is 9.58. The van der Waals surface area contributed by atoms with Gasteiger partial charge in [-0.2, -0.15) is 0 Å². The summed E-state index contributed by atoms with van der Waals surface area (Å²) in [5.74, 6) is -0.546. The number of nitrogens with one attached hydrogen (secondary N) is 1. The molecule has 0 radical (unpaired) electrons. The van der Waals surface area contributed by atoms with Crippen molar-refractivity contribution >= 4 is 28.9 Å². The van der Waals surface area contributed by atoms with Crippen molar-refractivity contribution in [3.05, 3.63) is 22.7 Å². The predicted octanol–water partition coefficient (Wildman–Crippen LogP) is 2.39. The molecule has 1 saturated heterocycles. The number of halogens is 1. The number of benzene rings is 1. The number of carbonyl (C=O) groups excluding carboxylic acids is 1. The molecule has 0 bridgehead atoms. The Kier molecular flexibility index (Phi) is 5.09. The smallest absolute Gasteiger partial charge is 0.250 e. The Morgan fingerprint density at radius 1 is 1.45 bits per heavy atom. The summed E-state index contributed by atoms with van der Waals surface area (Å²) in [6, 6.07) is 3.14. The van der Waals surface area contributed by atoms with Crippen molar-refractivity contribution in [2.24, 2.45) is 5.73 Å². The van der Waals surface area contributed by atoms with Gasteiger partial charge in [0.1, 0.15) is 0 Å². The first-order valence-corrected chi connectivity index (χ1v) is 7.20. The minimum Gasteiger partial charge on any atom is -0.399 e. The van der Waals surface area contributed by atoms with Gasteiger partial charge in [0, 0.05) is 18.8 Å². The molecule has 1 atom stereocenters. The largest absolute Gasteiger partial charge is 0.399 e. The fourth-order valence-corrected chi connectivity index (χ4v) is 2.69. The summed E-state index contributed by atoms with van der Waals surface area (Å²) in [7, 11) is 0. The molecular formula is C14H20ClN3O2. The Morgan fingerprint density at radius 2 is 2.25 bits per heavy atom. The number of nitrogens with two attached hydrogens (primary N) is 2. The van der Waals surface area contributed by atoms with E-state index in [9.17, 15) is 4.79 Å². The average molecular weight is 298 g/mol. The molecule has 1 aromatic rings. The van der Waals surface area contributed by atoms with Gasteiger partial charge in [-0.25, -0.2) is 0 Å². The maximum Gasteiger partial charge on any atom is 0.250 e. The SMILES string of the molecule is NC(=O)c1cc(N)cc(Cl)c1NCCC1CCCCO1. The van der Waals surface area contributed by atoms with Crippen LogP contribution in [-0.2, 0) is 4.74 Å². The van der Waals surface area contributed by atoms with Crippen LogP contribution in [0.25, 0.3) is 0 Å². The zero-order valence-corrected chi connectivity index (χ0v) is 12.1. The molecular weight excluding hydrogens is 278 g/mol. The molecule has 0 aliphatic carbocycles. The number of rotatable bonds is 5. The van der Waals surface area contributed by atoms with E-state index in [1.807, 2.05) is 0 Å². The lowest BCUT2D eigenvalue weighted by Gasteiger charge is -2.23. The molecule has 6 heteroatoms. The molecule has 5 nitrogen and oxygen atoms in total. The molecule has 1 fully saturated rings. The van der Waals surface area contributed by atoms with E-state index < -0.39 is 5.91 Å². The fourth-order valence-electron chi connectivity index (χ4n) is 2.39. The normalized spacial score (nSPS) is 18.8. The van der Waals surface area contributed by atoms with Crippen LogP contribution in [0.3, 0.4) is 0 Å². The van der Waals surface area contributed by atoms with Crippen LogP contribution in [0, 0.1) is 0 Å². The highest BCUT2D eigenvalue weighted by atomic mass is 35.5. The van der Waals surface area contributed by atoms with Gasteiger partial charge in [0.2, 0.25) is 0 Å². The number of anilines is 2. The molecule has 1 heterocycles. The van der Waals surface area contributed by atoms with Crippen molar-refractivity contribution in [1.82, 2.24) is 0 Å². The van der Waals surface area contributed by atoms with Crippen LogP contribution in [-0.4, -0.2) is 25.2 Å². The first-order valence-electron chi connectivity index (χ1n) is 6.82. The van der Waals surface area contributed by atoms with Crippen molar-refractivity contribution in [3.8, 4) is 0 Å². The summed E-state index contributed by atoms with van der Waals surface area (Å²) < 4.78 is 5.66. The van der Waals surface area contributed by atoms with Gasteiger partial charge in [0.25, 0.3) is 5.91 Å². The number of nitrogen functional groups attached to an aromatic ring is 1. The second-order valence-corrected chi connectivity index (χ2v) is 5.40. The lowest BCUT2D eigenvalue weighted by Crippen LogP contribution is -2.23. The summed E-state index contributed by atoms with van der Waals surface area (Å²) in [5, 5.41) is 3.57. The summed E-state index contributed by atoms with van der Waals surface area (Å²) in [6.45, 7) is 1.51. The highest BCUT2D eigenvalue weighted by Crippen LogP contribution is 2.29. The number of amides is 1. The van der Waals surface area contributed by atoms with Gasteiger partial charge in [0.05, 0.1) is 22.4 Å². The van der Waals surface area contributed by atoms with Gasteiger partial charge < -0.3 is 21.5 Å². The van der Waals surface area contributed by atoms with Crippen molar-refractivity contribution < 1.29 is 9.53 Å². The second-order valence-electron chi connectivity index (χ2n) is 4.99. The summed E-state index contributed by atoms with van der Waals surface area (Å²) in [6.07, 6.45) is 4.58. The third kappa shape index (κ3) is 3.77. The summed E-state index contributed by atoms with van der Waals surface area (Å²) in [5.41, 5.74) is 12.3. The van der Waals surface area contributed by atoms with Crippen LogP contribution < -0.4 is 16.8 Å². The number of hydrogen-bond donors (Lipinski definition) is 3. The van der Waals surface area contributed by atoms with Crippen molar-refractivity contribution in [3.63, 3.8) is 0 Å². The topological polar surface area (TPSA) is 90.4 Å². The number of carbonyl (C=O) groups is 1. The molecule has 0 aromatic heterocycles. The standard InChI is InChI=1S/C14H20ClN3O2/c15-12-8-9(16)7-11(14(17)19)13(12)18-5-4-10-3-1-2-6-20-10/h7-8,10,18H,1-6,16H2,(H2,17,19). The maximum absolute atomic E-state index is 11.4. The van der Waals surface area contributed by atoms with E-state index in [1.165, 1.54) is 12.5 Å². The number of primary amides is 1. The Labute approximate surface area is 123 Å². The van der Waals surface area contributed by atoms with E-state index in [2.05, 4.69) is 5.32 Å². The zero-order valence-electron chi connectivity index (χ0n) is 11.3. The monoisotopic (exact) mass is 297 g/mol. The Bertz CT molecular complexity index is 488. The molecule has 1 aliphatic rings. The lowest BCUT2D eigenvalue weighted by atomic mass is 10.1. The van der Waals surface area contributed by atoms with Crippen LogP contribution in [0.15, 0.2) is 12.1 Å². The number of ether oxygens (including phenoxy) is 1. The quantitative estimate of drug-likeness (QED) is 0.728. The van der Waals surface area contributed by atoms with Gasteiger partial charge in [-0.05, 0) is 37.8 Å². The Hall–Kier alpha value is -1.46. The third-order valence-electron chi connectivity index (χ3n) is 3.42. The third-order valence-corrected chi connectivity index (χ3v) is 3.72. The summed E-state index contributed by atoms with van der Waals surface area (Å²) >= 11 is 6.12. The molecule has 0 saturated carbocycles. The highest BCUT2D eigenvalue weighted by molar-refractivity contribution is 6.34. The van der Waals surface area contributed by atoms with Crippen molar-refractivity contribution in [2.45, 2.75) is 31.8 Å². The second kappa shape index (κ2) is 6.81. The molecule has 1 aliphatic heterocycles. The highest BCUT2D eigenvalue weighted by Gasteiger charge is 2.16. The lowest BCUT2D eigenvalue weighted by molar-refractivity contribution is 0.0134. The van der Waals surface area contributed by atoms with E-state index in [4.69, 9.17) is 27.8 Å². The first kappa shape index (κ1) is 14.9. The molecule has 20 heavy (non-hydrogen) atoms. The molecule has 1 amide bonds. The molecule has 110 valence electrons. The van der Waals surface area contributed by atoms with Crippen LogP contribution in [0.4, 0.5) is 11.4 Å². The minimum absolute atomic E-state index is 0.279. The van der Waals surface area contributed by atoms with Crippen LogP contribution in [0.2, 0.25) is 5.02 Å². The van der Waals surface area contributed by atoms with Crippen LogP contribution >= 0.6 is 11.6 Å². The van der Waals surface area contributed by atoms with Gasteiger partial charge in [-0.1, -0.05) is 11.6 Å². The molecule has 1 aromatic carbocycles. The molecule has 2 rings (SSSR count). The Morgan fingerprint density at radius 3 is 2.90 bits per heavy atom. The van der Waals surface area contributed by atoms with Gasteiger partial charge in [0.15, 0.2) is 0 Å². The van der Waals surface area contributed by atoms with Crippen LogP contribution in [0.1, 0.15) is 36.0 Å². The fraction of sp³-hybridized carbons (Fsp3) is 0.500. The molecule has 5 N–H and O–H groups in total. The van der Waals surface area contributed by atoms with E-state index in [1.54, 1.807) is 6.07 Å². The van der Waals surface area contributed by atoms with E-state index in [0.717, 1.165) is 25.9 Å². The van der Waals surface area contributed by atoms with Gasteiger partial charge in [-0.3, -0.25) is 4.79 Å². The molecule has 0 spiro atoms. The van der Waals surface area contributed by atoms with E-state index in [0.29, 0.717) is 28.5 Å². The maximum atomic E-state index is 11.4. The minimum atomic E-state index is -0.546. The zero-order chi connectivity index (χ0) is 14.5. The Balaban J connectivity index is 1.99. The van der Waals surface area contributed by atoms with E-state index in [-0.39, 0.29) is 6.10 Å². The van der Waals surface area contributed by atoms with Gasteiger partial charge >= 0.3 is 0 Å². The number of hydrogen-bond acceptors (Lipinski definition) is 4. The van der Waals surface area contributed by atoms with Crippen LogP contribution in [0.5, 0.6) is 0 Å². The summed E-state index contributed by atoms with van der Waals surface area (Å²) in [4.78, 5) is 11.4. The average Bonchev–Trinajstić information content (AvgIpc) is 2.41. The molecule has 1 unspecified atom stereocenters. The van der Waals surface area contributed by atoms with Crippen molar-refractivity contribution in [1.29, 1.82) is 0 Å².